The first-order valence-corrected chi connectivity index (χ1v) is 7.00. The summed E-state index contributed by atoms with van der Waals surface area (Å²) < 4.78 is 17.3. The van der Waals surface area contributed by atoms with Crippen LogP contribution in [0.3, 0.4) is 0 Å². The second-order valence-electron chi connectivity index (χ2n) is 2.70. The fourth-order valence-electron chi connectivity index (χ4n) is 0.979. The van der Waals surface area contributed by atoms with Gasteiger partial charge in [0.2, 0.25) is 0 Å². The van der Waals surface area contributed by atoms with Gasteiger partial charge in [-0.15, -0.1) is 0 Å². The topological polar surface area (TPSA) is 133 Å². The van der Waals surface area contributed by atoms with Crippen molar-refractivity contribution in [3.63, 3.8) is 0 Å². The zero-order valence-corrected chi connectivity index (χ0v) is 16.3. The van der Waals surface area contributed by atoms with Gasteiger partial charge < -0.3 is 29.5 Å². The van der Waals surface area contributed by atoms with E-state index in [1.807, 2.05) is 0 Å². The Bertz CT molecular complexity index is 148. The molecule has 0 spiro atoms. The van der Waals surface area contributed by atoms with Crippen LogP contribution in [0.2, 0.25) is 0 Å². The summed E-state index contributed by atoms with van der Waals surface area (Å²) in [6.07, 6.45) is 5.65. The van der Waals surface area contributed by atoms with E-state index >= 15 is 0 Å². The molecular weight excluding hydrogens is 290 g/mol. The average molecular weight is 307 g/mol. The largest absolute Gasteiger partial charge is 1.00 e. The zero-order chi connectivity index (χ0) is 12.1. The standard InChI is InChI=1S/C6H13N.2Na.2H3O3P/c1-2-4-6-7-5-3-1;;;2*1-4(2)3/h7H,1-6H2;;;2*4H,(H2,1,2,3)/q;2*+1;;/p-2. The van der Waals surface area contributed by atoms with E-state index in [0.717, 1.165) is 0 Å². The Hall–Kier alpha value is 2.26. The van der Waals surface area contributed by atoms with Gasteiger partial charge >= 0.3 is 67.4 Å². The van der Waals surface area contributed by atoms with Gasteiger partial charge in [-0.05, 0) is 25.9 Å². The zero-order valence-electron chi connectivity index (χ0n) is 10.3. The molecule has 1 rings (SSSR count). The third-order valence-corrected chi connectivity index (χ3v) is 1.46. The second-order valence-corrected chi connectivity index (χ2v) is 3.76. The predicted octanol–water partition coefficient (Wildman–Crippen LogP) is -7.38. The molecule has 0 aliphatic carbocycles. The van der Waals surface area contributed by atoms with Crippen LogP contribution in [0.1, 0.15) is 25.7 Å². The summed E-state index contributed by atoms with van der Waals surface area (Å²) in [5, 5.41) is 3.35. The van der Waals surface area contributed by atoms with E-state index in [4.69, 9.17) is 28.7 Å². The van der Waals surface area contributed by atoms with Crippen molar-refractivity contribution in [2.75, 3.05) is 13.1 Å². The van der Waals surface area contributed by atoms with Crippen LogP contribution in [-0.2, 0) is 9.13 Å². The molecular formula is C6H17NNa2O6P2. The maximum atomic E-state index is 8.74. The van der Waals surface area contributed by atoms with E-state index in [-0.39, 0.29) is 59.1 Å². The fraction of sp³-hybridized carbons (Fsp3) is 1.00. The van der Waals surface area contributed by atoms with E-state index in [9.17, 15) is 0 Å². The third kappa shape index (κ3) is 56.3. The van der Waals surface area contributed by atoms with Gasteiger partial charge in [0.15, 0.2) is 0 Å². The molecule has 17 heavy (non-hydrogen) atoms. The monoisotopic (exact) mass is 307 g/mol. The van der Waals surface area contributed by atoms with Crippen molar-refractivity contribution in [2.24, 2.45) is 0 Å². The Morgan fingerprint density at radius 3 is 1.35 bits per heavy atom. The van der Waals surface area contributed by atoms with E-state index in [1.165, 1.54) is 38.8 Å². The van der Waals surface area contributed by atoms with Crippen LogP contribution in [0.4, 0.5) is 0 Å². The minimum atomic E-state index is -3.63. The summed E-state index contributed by atoms with van der Waals surface area (Å²) >= 11 is 0. The summed E-state index contributed by atoms with van der Waals surface area (Å²) in [5.41, 5.74) is 0. The summed E-state index contributed by atoms with van der Waals surface area (Å²) in [4.78, 5) is 31.4. The van der Waals surface area contributed by atoms with Crippen LogP contribution in [0, 0.1) is 0 Å². The molecule has 11 heteroatoms. The molecule has 1 fully saturated rings. The molecule has 0 amide bonds. The third-order valence-electron chi connectivity index (χ3n) is 1.46. The summed E-state index contributed by atoms with van der Waals surface area (Å²) in [6.45, 7) is 2.50. The fourth-order valence-corrected chi connectivity index (χ4v) is 0.979. The molecule has 0 aromatic carbocycles. The van der Waals surface area contributed by atoms with Crippen LogP contribution in [-0.4, -0.2) is 22.9 Å². The Morgan fingerprint density at radius 1 is 0.882 bits per heavy atom. The molecule has 0 saturated carbocycles. The minimum absolute atomic E-state index is 0. The molecule has 0 aromatic heterocycles. The first kappa shape index (κ1) is 27.6. The van der Waals surface area contributed by atoms with Crippen molar-refractivity contribution in [3.05, 3.63) is 0 Å². The number of nitrogens with one attached hydrogen (secondary N) is 1. The van der Waals surface area contributed by atoms with E-state index < -0.39 is 16.5 Å². The number of hydrogen-bond acceptors (Lipinski definition) is 5. The van der Waals surface area contributed by atoms with Crippen molar-refractivity contribution < 1.29 is 87.8 Å². The van der Waals surface area contributed by atoms with Gasteiger partial charge in [0, 0.05) is 0 Å². The molecule has 1 aliphatic heterocycles. The SMILES string of the molecule is C1CCCNCC1.O=[PH](O)O.O=[PH]([O-])[O-].[Na+].[Na+]. The van der Waals surface area contributed by atoms with Crippen molar-refractivity contribution in [1.29, 1.82) is 0 Å². The molecule has 1 saturated heterocycles. The first-order valence-electron chi connectivity index (χ1n) is 4.47. The maximum absolute atomic E-state index is 8.74. The van der Waals surface area contributed by atoms with Crippen molar-refractivity contribution >= 4 is 16.5 Å². The molecule has 94 valence electrons. The normalized spacial score (nSPS) is 14.0. The molecule has 1 heterocycles. The molecule has 3 N–H and O–H groups in total. The predicted molar refractivity (Wildman–Crippen MR) is 53.8 cm³/mol. The molecule has 0 unspecified atom stereocenters. The Balaban J connectivity index is -0.0000000755. The van der Waals surface area contributed by atoms with Crippen molar-refractivity contribution in [2.45, 2.75) is 25.7 Å². The van der Waals surface area contributed by atoms with Gasteiger partial charge in [-0.2, -0.15) is 0 Å². The van der Waals surface area contributed by atoms with Gasteiger partial charge in [0.05, 0.1) is 0 Å². The smallest absolute Gasteiger partial charge is 0.813 e. The van der Waals surface area contributed by atoms with Crippen LogP contribution in [0.15, 0.2) is 0 Å². The van der Waals surface area contributed by atoms with Gasteiger partial charge in [0.25, 0.3) is 0 Å². The Kier molecular flexibility index (Phi) is 37.9. The Morgan fingerprint density at radius 2 is 1.12 bits per heavy atom. The second kappa shape index (κ2) is 23.4. The molecule has 0 aromatic rings. The maximum Gasteiger partial charge on any atom is 1.00 e. The minimum Gasteiger partial charge on any atom is -0.813 e. The van der Waals surface area contributed by atoms with Gasteiger partial charge in [-0.25, -0.2) is 0 Å². The number of hydrogen-bond donors (Lipinski definition) is 3. The summed E-state index contributed by atoms with van der Waals surface area (Å²) in [6, 6.07) is 0. The molecule has 0 atom stereocenters. The average Bonchev–Trinajstić information content (AvgIpc) is 2.31. The Labute approximate surface area is 147 Å². The summed E-state index contributed by atoms with van der Waals surface area (Å²) in [7, 11) is -6.76. The molecule has 1 aliphatic rings. The van der Waals surface area contributed by atoms with Gasteiger partial charge in [-0.1, -0.05) is 21.1 Å². The number of rotatable bonds is 0. The van der Waals surface area contributed by atoms with Crippen LogP contribution in [0.5, 0.6) is 0 Å². The quantitative estimate of drug-likeness (QED) is 0.299. The molecule has 0 radical (unpaired) electrons. The van der Waals surface area contributed by atoms with E-state index in [0.29, 0.717) is 0 Å². The van der Waals surface area contributed by atoms with E-state index in [2.05, 4.69) is 5.32 Å². The van der Waals surface area contributed by atoms with Crippen LogP contribution >= 0.6 is 16.5 Å². The van der Waals surface area contributed by atoms with E-state index in [1.54, 1.807) is 0 Å². The summed E-state index contributed by atoms with van der Waals surface area (Å²) in [5.74, 6) is 0. The van der Waals surface area contributed by atoms with Crippen molar-refractivity contribution in [3.8, 4) is 0 Å². The van der Waals surface area contributed by atoms with Gasteiger partial charge in [0.1, 0.15) is 0 Å². The first-order chi connectivity index (χ1) is 6.96. The molecule has 7 nitrogen and oxygen atoms in total. The van der Waals surface area contributed by atoms with Crippen LogP contribution < -0.4 is 74.2 Å². The van der Waals surface area contributed by atoms with Gasteiger partial charge in [-0.3, -0.25) is 4.57 Å². The van der Waals surface area contributed by atoms with Crippen LogP contribution in [0.25, 0.3) is 0 Å². The van der Waals surface area contributed by atoms with Crippen molar-refractivity contribution in [1.82, 2.24) is 5.32 Å². The molecule has 0 bridgehead atoms.